The first kappa shape index (κ1) is 18.6. The third-order valence-corrected chi connectivity index (χ3v) is 5.36. The van der Waals surface area contributed by atoms with Gasteiger partial charge in [-0.25, -0.2) is 4.98 Å². The number of H-pyrrole nitrogens is 1. The summed E-state index contributed by atoms with van der Waals surface area (Å²) in [4.78, 5) is 24.6. The highest BCUT2D eigenvalue weighted by Gasteiger charge is 2.21. The summed E-state index contributed by atoms with van der Waals surface area (Å²) in [5.74, 6) is 1.05. The Bertz CT molecular complexity index is 1260. The van der Waals surface area contributed by atoms with Gasteiger partial charge in [-0.15, -0.1) is 0 Å². The third kappa shape index (κ3) is 3.07. The van der Waals surface area contributed by atoms with Crippen molar-refractivity contribution in [3.63, 3.8) is 0 Å². The van der Waals surface area contributed by atoms with Crippen molar-refractivity contribution in [2.45, 2.75) is 18.9 Å². The number of fused-ring (bicyclic) bond motifs is 3. The van der Waals surface area contributed by atoms with E-state index in [1.165, 1.54) is 0 Å². The normalized spacial score (nSPS) is 16.4. The second kappa shape index (κ2) is 7.42. The van der Waals surface area contributed by atoms with Crippen molar-refractivity contribution in [1.82, 2.24) is 24.7 Å². The van der Waals surface area contributed by atoms with Crippen molar-refractivity contribution < 1.29 is 4.74 Å². The van der Waals surface area contributed by atoms with E-state index in [1.54, 1.807) is 10.8 Å². The SMILES string of the molecule is CN(C)c1n[nH]c2c1c(=O)n(-c1ccccc1)c1nc(NCC3CCCO3)ncc21. The number of ether oxygens (including phenoxy) is 1. The van der Waals surface area contributed by atoms with Crippen molar-refractivity contribution in [2.75, 3.05) is 37.5 Å². The molecule has 5 rings (SSSR count). The van der Waals surface area contributed by atoms with E-state index >= 15 is 0 Å². The van der Waals surface area contributed by atoms with Gasteiger partial charge in [0.2, 0.25) is 5.95 Å². The number of aromatic nitrogens is 5. The molecule has 0 amide bonds. The number of pyridine rings is 1. The molecule has 9 heteroatoms. The summed E-state index contributed by atoms with van der Waals surface area (Å²) in [5, 5.41) is 11.9. The summed E-state index contributed by atoms with van der Waals surface area (Å²) in [5.41, 5.74) is 1.73. The lowest BCUT2D eigenvalue weighted by Gasteiger charge is -2.14. The Morgan fingerprint density at radius 3 is 2.87 bits per heavy atom. The van der Waals surface area contributed by atoms with Gasteiger partial charge in [0.25, 0.3) is 5.56 Å². The van der Waals surface area contributed by atoms with Crippen LogP contribution in [0.3, 0.4) is 0 Å². The van der Waals surface area contributed by atoms with Crippen molar-refractivity contribution in [3.05, 3.63) is 46.9 Å². The van der Waals surface area contributed by atoms with Crippen LogP contribution in [0.2, 0.25) is 0 Å². The highest BCUT2D eigenvalue weighted by molar-refractivity contribution is 6.06. The van der Waals surface area contributed by atoms with E-state index in [9.17, 15) is 4.79 Å². The highest BCUT2D eigenvalue weighted by Crippen LogP contribution is 2.27. The fourth-order valence-electron chi connectivity index (χ4n) is 3.89. The number of aromatic amines is 1. The highest BCUT2D eigenvalue weighted by atomic mass is 16.5. The van der Waals surface area contributed by atoms with Gasteiger partial charge in [-0.2, -0.15) is 10.1 Å². The molecular weight excluding hydrogens is 382 g/mol. The Labute approximate surface area is 172 Å². The van der Waals surface area contributed by atoms with Crippen molar-refractivity contribution in [1.29, 1.82) is 0 Å². The van der Waals surface area contributed by atoms with Crippen LogP contribution in [-0.4, -0.2) is 58.1 Å². The number of hydrogen-bond donors (Lipinski definition) is 2. The molecule has 4 heterocycles. The predicted molar refractivity (Wildman–Crippen MR) is 117 cm³/mol. The molecule has 4 aromatic rings. The molecule has 1 unspecified atom stereocenters. The number of nitrogens with one attached hydrogen (secondary N) is 2. The minimum absolute atomic E-state index is 0.165. The molecule has 0 aliphatic carbocycles. The molecule has 1 aliphatic heterocycles. The maximum absolute atomic E-state index is 13.6. The van der Waals surface area contributed by atoms with E-state index in [-0.39, 0.29) is 11.7 Å². The van der Waals surface area contributed by atoms with Crippen LogP contribution in [0.15, 0.2) is 41.3 Å². The first-order valence-corrected chi connectivity index (χ1v) is 10.0. The Morgan fingerprint density at radius 2 is 2.13 bits per heavy atom. The van der Waals surface area contributed by atoms with Crippen LogP contribution in [0.1, 0.15) is 12.8 Å². The monoisotopic (exact) mass is 405 g/mol. The van der Waals surface area contributed by atoms with Gasteiger partial charge in [-0.1, -0.05) is 18.2 Å². The standard InChI is InChI=1S/C21H23N7O2/c1-27(2)19-16-17(25-26-19)15-12-23-21(22-11-14-9-6-10-30-14)24-18(15)28(20(16)29)13-7-4-3-5-8-13/h3-5,7-8,12,14H,6,9-11H2,1-2H3,(H,25,26)(H,22,23,24). The minimum Gasteiger partial charge on any atom is -0.376 e. The van der Waals surface area contributed by atoms with Gasteiger partial charge >= 0.3 is 0 Å². The zero-order valence-corrected chi connectivity index (χ0v) is 16.9. The van der Waals surface area contributed by atoms with Crippen LogP contribution in [-0.2, 0) is 4.74 Å². The molecule has 0 bridgehead atoms. The third-order valence-electron chi connectivity index (χ3n) is 5.36. The van der Waals surface area contributed by atoms with Gasteiger partial charge < -0.3 is 15.0 Å². The van der Waals surface area contributed by atoms with E-state index in [1.807, 2.05) is 49.3 Å². The quantitative estimate of drug-likeness (QED) is 0.525. The van der Waals surface area contributed by atoms with Gasteiger partial charge in [-0.05, 0) is 25.0 Å². The molecule has 0 saturated carbocycles. The topological polar surface area (TPSA) is 101 Å². The van der Waals surface area contributed by atoms with Crippen LogP contribution < -0.4 is 15.8 Å². The Balaban J connectivity index is 1.72. The first-order chi connectivity index (χ1) is 14.6. The summed E-state index contributed by atoms with van der Waals surface area (Å²) >= 11 is 0. The van der Waals surface area contributed by atoms with Crippen molar-refractivity contribution >= 4 is 33.7 Å². The summed E-state index contributed by atoms with van der Waals surface area (Å²) in [6.07, 6.45) is 4.00. The summed E-state index contributed by atoms with van der Waals surface area (Å²) < 4.78 is 7.29. The van der Waals surface area contributed by atoms with Crippen LogP contribution in [0.25, 0.3) is 27.6 Å². The number of benzene rings is 1. The molecule has 1 aromatic carbocycles. The smallest absolute Gasteiger partial charge is 0.270 e. The second-order valence-electron chi connectivity index (χ2n) is 7.61. The first-order valence-electron chi connectivity index (χ1n) is 10.0. The number of rotatable bonds is 5. The molecule has 1 fully saturated rings. The van der Waals surface area contributed by atoms with E-state index in [0.717, 1.165) is 30.5 Å². The van der Waals surface area contributed by atoms with E-state index in [0.29, 0.717) is 34.9 Å². The largest absolute Gasteiger partial charge is 0.376 e. The fourth-order valence-corrected chi connectivity index (χ4v) is 3.89. The number of para-hydroxylation sites is 1. The molecule has 2 N–H and O–H groups in total. The van der Waals surface area contributed by atoms with Crippen molar-refractivity contribution in [3.8, 4) is 5.69 Å². The lowest BCUT2D eigenvalue weighted by Crippen LogP contribution is -2.23. The minimum atomic E-state index is -0.176. The lowest BCUT2D eigenvalue weighted by atomic mass is 10.2. The number of anilines is 2. The molecule has 3 aromatic heterocycles. The molecule has 30 heavy (non-hydrogen) atoms. The number of nitrogens with zero attached hydrogens (tertiary/aromatic N) is 5. The molecule has 1 saturated heterocycles. The number of hydrogen-bond acceptors (Lipinski definition) is 7. The van der Waals surface area contributed by atoms with Gasteiger partial charge in [-0.3, -0.25) is 14.5 Å². The maximum atomic E-state index is 13.6. The van der Waals surface area contributed by atoms with E-state index in [2.05, 4.69) is 20.5 Å². The van der Waals surface area contributed by atoms with Crippen LogP contribution in [0, 0.1) is 0 Å². The summed E-state index contributed by atoms with van der Waals surface area (Å²) in [6.45, 7) is 1.43. The van der Waals surface area contributed by atoms with Crippen LogP contribution in [0.4, 0.5) is 11.8 Å². The van der Waals surface area contributed by atoms with Crippen LogP contribution >= 0.6 is 0 Å². The lowest BCUT2D eigenvalue weighted by molar-refractivity contribution is 0.120. The zero-order chi connectivity index (χ0) is 20.7. The van der Waals surface area contributed by atoms with E-state index < -0.39 is 0 Å². The van der Waals surface area contributed by atoms with Gasteiger partial charge in [0, 0.05) is 33.4 Å². The zero-order valence-electron chi connectivity index (χ0n) is 16.9. The molecule has 1 aliphatic rings. The summed E-state index contributed by atoms with van der Waals surface area (Å²) in [7, 11) is 3.72. The van der Waals surface area contributed by atoms with Gasteiger partial charge in [0.1, 0.15) is 5.39 Å². The molecular formula is C21H23N7O2. The van der Waals surface area contributed by atoms with E-state index in [4.69, 9.17) is 9.72 Å². The van der Waals surface area contributed by atoms with Gasteiger partial charge in [0.15, 0.2) is 11.5 Å². The maximum Gasteiger partial charge on any atom is 0.270 e. The second-order valence-corrected chi connectivity index (χ2v) is 7.61. The Kier molecular flexibility index (Phi) is 4.59. The molecule has 0 spiro atoms. The summed E-state index contributed by atoms with van der Waals surface area (Å²) in [6, 6.07) is 9.50. The van der Waals surface area contributed by atoms with Crippen molar-refractivity contribution in [2.24, 2.45) is 0 Å². The molecule has 154 valence electrons. The molecule has 0 radical (unpaired) electrons. The molecule has 1 atom stereocenters. The fraction of sp³-hybridized carbons (Fsp3) is 0.333. The Hall–Kier alpha value is -3.46. The molecule has 9 nitrogen and oxygen atoms in total. The van der Waals surface area contributed by atoms with Crippen LogP contribution in [0.5, 0.6) is 0 Å². The predicted octanol–water partition coefficient (Wildman–Crippen LogP) is 2.31. The average molecular weight is 405 g/mol. The average Bonchev–Trinajstić information content (AvgIpc) is 3.43. The van der Waals surface area contributed by atoms with Gasteiger partial charge in [0.05, 0.1) is 22.7 Å². The Morgan fingerprint density at radius 1 is 1.30 bits per heavy atom.